The number of nitrogens with one attached hydrogen (secondary N) is 1. The van der Waals surface area contributed by atoms with Gasteiger partial charge in [-0.15, -0.1) is 0 Å². The van der Waals surface area contributed by atoms with Gasteiger partial charge >= 0.3 is 0 Å². The number of hydrogen-bond acceptors (Lipinski definition) is 4. The van der Waals surface area contributed by atoms with Crippen LogP contribution >= 0.6 is 0 Å². The van der Waals surface area contributed by atoms with Gasteiger partial charge in [0, 0.05) is 38.4 Å². The Labute approximate surface area is 133 Å². The molecular weight excluding hydrogens is 274 g/mol. The third-order valence-corrected chi connectivity index (χ3v) is 5.36. The Morgan fingerprint density at radius 1 is 1.32 bits per heavy atom. The molecule has 4 nitrogen and oxygen atoms in total. The fourth-order valence-electron chi connectivity index (χ4n) is 3.96. The number of aliphatic hydroxyl groups is 1. The van der Waals surface area contributed by atoms with Gasteiger partial charge < -0.3 is 10.4 Å². The maximum atomic E-state index is 9.94. The van der Waals surface area contributed by atoms with E-state index < -0.39 is 0 Å². The van der Waals surface area contributed by atoms with E-state index in [0.29, 0.717) is 17.9 Å². The van der Waals surface area contributed by atoms with E-state index in [1.807, 2.05) is 12.3 Å². The zero-order chi connectivity index (χ0) is 15.4. The van der Waals surface area contributed by atoms with Gasteiger partial charge in [-0.2, -0.15) is 0 Å². The molecule has 1 saturated carbocycles. The first-order valence-electron chi connectivity index (χ1n) is 8.76. The molecule has 1 aliphatic heterocycles. The topological polar surface area (TPSA) is 48.4 Å². The Kier molecular flexibility index (Phi) is 5.45. The van der Waals surface area contributed by atoms with E-state index >= 15 is 0 Å². The average Bonchev–Trinajstić information content (AvgIpc) is 2.93. The van der Waals surface area contributed by atoms with E-state index in [1.165, 1.54) is 19.3 Å². The quantitative estimate of drug-likeness (QED) is 0.874. The van der Waals surface area contributed by atoms with E-state index in [2.05, 4.69) is 34.3 Å². The molecule has 4 heteroatoms. The number of aromatic nitrogens is 1. The van der Waals surface area contributed by atoms with E-state index in [1.54, 1.807) is 0 Å². The Balaban J connectivity index is 1.44. The lowest BCUT2D eigenvalue weighted by Crippen LogP contribution is -2.49. The number of aliphatic hydroxyl groups excluding tert-OH is 1. The van der Waals surface area contributed by atoms with E-state index in [-0.39, 0.29) is 6.10 Å². The number of pyridine rings is 1. The maximum Gasteiger partial charge on any atom is 0.0580 e. The summed E-state index contributed by atoms with van der Waals surface area (Å²) in [5, 5.41) is 13.7. The summed E-state index contributed by atoms with van der Waals surface area (Å²) < 4.78 is 0. The van der Waals surface area contributed by atoms with Gasteiger partial charge in [-0.1, -0.05) is 19.4 Å². The van der Waals surface area contributed by atoms with Gasteiger partial charge in [-0.25, -0.2) is 0 Å². The van der Waals surface area contributed by atoms with Crippen molar-refractivity contribution in [3.05, 3.63) is 30.1 Å². The molecule has 1 aromatic rings. The second kappa shape index (κ2) is 7.53. The average molecular weight is 303 g/mol. The minimum absolute atomic E-state index is 0.0768. The van der Waals surface area contributed by atoms with Crippen LogP contribution in [0, 0.1) is 11.8 Å². The molecule has 0 bridgehead atoms. The lowest BCUT2D eigenvalue weighted by atomic mass is 9.93. The van der Waals surface area contributed by atoms with Crippen molar-refractivity contribution in [3.8, 4) is 0 Å². The van der Waals surface area contributed by atoms with Gasteiger partial charge in [0.25, 0.3) is 0 Å². The van der Waals surface area contributed by atoms with Gasteiger partial charge in [0.15, 0.2) is 0 Å². The van der Waals surface area contributed by atoms with E-state index in [9.17, 15) is 5.11 Å². The fourth-order valence-corrected chi connectivity index (χ4v) is 3.96. The van der Waals surface area contributed by atoms with Crippen molar-refractivity contribution in [2.45, 2.75) is 51.3 Å². The maximum absolute atomic E-state index is 9.94. The smallest absolute Gasteiger partial charge is 0.0580 e. The van der Waals surface area contributed by atoms with Crippen LogP contribution in [0.4, 0.5) is 0 Å². The normalized spacial score (nSPS) is 33.2. The van der Waals surface area contributed by atoms with Crippen LogP contribution in [0.25, 0.3) is 0 Å². The largest absolute Gasteiger partial charge is 0.393 e. The molecule has 4 atom stereocenters. The van der Waals surface area contributed by atoms with Gasteiger partial charge in [0.2, 0.25) is 0 Å². The predicted octanol–water partition coefficient (Wildman–Crippen LogP) is 2.04. The summed E-state index contributed by atoms with van der Waals surface area (Å²) in [6, 6.07) is 6.73. The lowest BCUT2D eigenvalue weighted by molar-refractivity contribution is 0.111. The van der Waals surface area contributed by atoms with Crippen LogP contribution in [0.3, 0.4) is 0 Å². The highest BCUT2D eigenvalue weighted by Gasteiger charge is 2.29. The van der Waals surface area contributed by atoms with Crippen LogP contribution in [0.2, 0.25) is 0 Å². The van der Waals surface area contributed by atoms with Gasteiger partial charge in [0.05, 0.1) is 11.8 Å². The van der Waals surface area contributed by atoms with Gasteiger partial charge in [0.1, 0.15) is 0 Å². The van der Waals surface area contributed by atoms with E-state index in [0.717, 1.165) is 38.3 Å². The van der Waals surface area contributed by atoms with Crippen LogP contribution < -0.4 is 5.32 Å². The van der Waals surface area contributed by atoms with Crippen LogP contribution in [0.1, 0.15) is 38.3 Å². The van der Waals surface area contributed by atoms with Crippen LogP contribution in [-0.4, -0.2) is 46.8 Å². The second-order valence-electron chi connectivity index (χ2n) is 7.10. The Morgan fingerprint density at radius 3 is 2.91 bits per heavy atom. The molecule has 2 aliphatic rings. The number of piperidine rings is 1. The number of rotatable bonds is 5. The number of nitrogens with zero attached hydrogens (tertiary/aromatic N) is 2. The summed E-state index contributed by atoms with van der Waals surface area (Å²) in [7, 11) is 0. The molecule has 122 valence electrons. The Morgan fingerprint density at radius 2 is 2.23 bits per heavy atom. The van der Waals surface area contributed by atoms with Crippen molar-refractivity contribution in [2.24, 2.45) is 11.8 Å². The third kappa shape index (κ3) is 4.06. The van der Waals surface area contributed by atoms with Gasteiger partial charge in [-0.05, 0) is 43.2 Å². The molecule has 3 rings (SSSR count). The monoisotopic (exact) mass is 303 g/mol. The zero-order valence-corrected chi connectivity index (χ0v) is 13.6. The van der Waals surface area contributed by atoms with Crippen molar-refractivity contribution >= 4 is 0 Å². The summed E-state index contributed by atoms with van der Waals surface area (Å²) >= 11 is 0. The summed E-state index contributed by atoms with van der Waals surface area (Å²) in [4.78, 5) is 6.94. The molecule has 1 aliphatic carbocycles. The second-order valence-corrected chi connectivity index (χ2v) is 7.10. The van der Waals surface area contributed by atoms with Crippen molar-refractivity contribution < 1.29 is 5.11 Å². The lowest BCUT2D eigenvalue weighted by Gasteiger charge is -2.38. The Bertz CT molecular complexity index is 453. The molecule has 1 aromatic heterocycles. The predicted molar refractivity (Wildman–Crippen MR) is 88.4 cm³/mol. The first kappa shape index (κ1) is 15.9. The molecule has 2 N–H and O–H groups in total. The highest BCUT2D eigenvalue weighted by Crippen LogP contribution is 2.26. The zero-order valence-electron chi connectivity index (χ0n) is 13.6. The molecule has 4 unspecified atom stereocenters. The standard InChI is InChI=1S/C18H29N3O/c1-14-12-21(13-16-6-2-3-9-19-16)10-8-17(14)20-11-15-5-4-7-18(15)22/h2-3,6,9,14-15,17-18,20,22H,4-5,7-8,10-13H2,1H3. The molecule has 0 aromatic carbocycles. The highest BCUT2D eigenvalue weighted by atomic mass is 16.3. The van der Waals surface area contributed by atoms with Crippen LogP contribution in [-0.2, 0) is 6.54 Å². The van der Waals surface area contributed by atoms with Crippen molar-refractivity contribution in [1.82, 2.24) is 15.2 Å². The first-order chi connectivity index (χ1) is 10.7. The number of hydrogen-bond donors (Lipinski definition) is 2. The molecular formula is C18H29N3O. The summed E-state index contributed by atoms with van der Waals surface area (Å²) in [6.07, 6.45) is 6.35. The van der Waals surface area contributed by atoms with E-state index in [4.69, 9.17) is 0 Å². The van der Waals surface area contributed by atoms with Crippen LogP contribution in [0.15, 0.2) is 24.4 Å². The van der Waals surface area contributed by atoms with Crippen molar-refractivity contribution in [3.63, 3.8) is 0 Å². The first-order valence-corrected chi connectivity index (χ1v) is 8.76. The molecule has 2 fully saturated rings. The molecule has 0 radical (unpaired) electrons. The SMILES string of the molecule is CC1CN(Cc2ccccn2)CCC1NCC1CCCC1O. The van der Waals surface area contributed by atoms with Gasteiger partial charge in [-0.3, -0.25) is 9.88 Å². The summed E-state index contributed by atoms with van der Waals surface area (Å²) in [5.74, 6) is 1.12. The van der Waals surface area contributed by atoms with Crippen LogP contribution in [0.5, 0.6) is 0 Å². The summed E-state index contributed by atoms with van der Waals surface area (Å²) in [6.45, 7) is 6.54. The fraction of sp³-hybridized carbons (Fsp3) is 0.722. The Hall–Kier alpha value is -0.970. The molecule has 0 spiro atoms. The molecule has 0 amide bonds. The highest BCUT2D eigenvalue weighted by molar-refractivity contribution is 5.03. The third-order valence-electron chi connectivity index (χ3n) is 5.36. The molecule has 2 heterocycles. The summed E-state index contributed by atoms with van der Waals surface area (Å²) in [5.41, 5.74) is 1.16. The minimum atomic E-state index is -0.0768. The minimum Gasteiger partial charge on any atom is -0.393 e. The molecule has 22 heavy (non-hydrogen) atoms. The number of likely N-dealkylation sites (tertiary alicyclic amines) is 1. The van der Waals surface area contributed by atoms with Crippen molar-refractivity contribution in [1.29, 1.82) is 0 Å². The molecule has 1 saturated heterocycles. The van der Waals surface area contributed by atoms with Crippen molar-refractivity contribution in [2.75, 3.05) is 19.6 Å².